The van der Waals surface area contributed by atoms with E-state index in [9.17, 15) is 22.8 Å². The van der Waals surface area contributed by atoms with Gasteiger partial charge >= 0.3 is 12.3 Å². The van der Waals surface area contributed by atoms with Crippen LogP contribution in [0.1, 0.15) is 6.92 Å². The first kappa shape index (κ1) is 15.9. The molecular weight excluding hydrogens is 285 g/mol. The summed E-state index contributed by atoms with van der Waals surface area (Å²) in [5.74, 6) is 0.488. The van der Waals surface area contributed by atoms with Crippen LogP contribution in [-0.2, 0) is 9.53 Å². The van der Waals surface area contributed by atoms with Crippen molar-refractivity contribution in [1.29, 1.82) is 0 Å². The number of ether oxygens (including phenoxy) is 1. The molecule has 1 heterocycles. The van der Waals surface area contributed by atoms with Crippen molar-refractivity contribution in [1.82, 2.24) is 10.2 Å². The third-order valence-corrected chi connectivity index (χ3v) is 3.48. The summed E-state index contributed by atoms with van der Waals surface area (Å²) in [6.45, 7) is 1.11. The van der Waals surface area contributed by atoms with E-state index in [1.54, 1.807) is 16.7 Å². The van der Waals surface area contributed by atoms with Crippen molar-refractivity contribution in [3.8, 4) is 0 Å². The lowest BCUT2D eigenvalue weighted by Gasteiger charge is -2.30. The van der Waals surface area contributed by atoms with Crippen LogP contribution in [0.2, 0.25) is 0 Å². The summed E-state index contributed by atoms with van der Waals surface area (Å²) in [6.07, 6.45) is -5.81. The average Bonchev–Trinajstić information content (AvgIpc) is 2.32. The second-order valence-electron chi connectivity index (χ2n) is 4.07. The van der Waals surface area contributed by atoms with Crippen molar-refractivity contribution in [3.05, 3.63) is 0 Å². The fourth-order valence-electron chi connectivity index (χ4n) is 1.50. The molecule has 1 N–H and O–H groups in total. The highest BCUT2D eigenvalue weighted by atomic mass is 32.2. The zero-order valence-electron chi connectivity index (χ0n) is 10.3. The van der Waals surface area contributed by atoms with Crippen LogP contribution in [0, 0.1) is 0 Å². The van der Waals surface area contributed by atoms with E-state index >= 15 is 0 Å². The van der Waals surface area contributed by atoms with E-state index in [2.05, 4.69) is 4.74 Å². The second kappa shape index (κ2) is 6.88. The van der Waals surface area contributed by atoms with Gasteiger partial charge in [-0.2, -0.15) is 24.9 Å². The zero-order chi connectivity index (χ0) is 14.5. The standard InChI is InChI=1S/C10H15F3N2O3S/c1-7-5-15(2-3-19-7)8(16)4-14-9(17)18-6-10(11,12)13/h7H,2-6H2,1H3,(H,14,17)/t7-/m0/s1. The Morgan fingerprint density at radius 3 is 2.74 bits per heavy atom. The van der Waals surface area contributed by atoms with Gasteiger partial charge in [-0.05, 0) is 0 Å². The summed E-state index contributed by atoms with van der Waals surface area (Å²) in [5.41, 5.74) is 0. The average molecular weight is 300 g/mol. The minimum absolute atomic E-state index is 0.315. The third-order valence-electron chi connectivity index (χ3n) is 2.34. The van der Waals surface area contributed by atoms with Crippen molar-refractivity contribution in [2.24, 2.45) is 0 Å². The smallest absolute Gasteiger partial charge is 0.422 e. The van der Waals surface area contributed by atoms with Crippen LogP contribution in [0.15, 0.2) is 0 Å². The largest absolute Gasteiger partial charge is 0.440 e. The summed E-state index contributed by atoms with van der Waals surface area (Å²) in [7, 11) is 0. The molecule has 1 rings (SSSR count). The van der Waals surface area contributed by atoms with Gasteiger partial charge in [0.1, 0.15) is 6.54 Å². The number of amides is 2. The van der Waals surface area contributed by atoms with Crippen LogP contribution in [-0.4, -0.2) is 60.3 Å². The molecule has 2 amide bonds. The van der Waals surface area contributed by atoms with Crippen molar-refractivity contribution in [3.63, 3.8) is 0 Å². The quantitative estimate of drug-likeness (QED) is 0.852. The molecule has 0 unspecified atom stereocenters. The zero-order valence-corrected chi connectivity index (χ0v) is 11.1. The fourth-order valence-corrected chi connectivity index (χ4v) is 2.52. The molecule has 9 heteroatoms. The van der Waals surface area contributed by atoms with E-state index in [1.165, 1.54) is 0 Å². The van der Waals surface area contributed by atoms with Crippen LogP contribution in [0.5, 0.6) is 0 Å². The number of hydrogen-bond donors (Lipinski definition) is 1. The molecule has 1 atom stereocenters. The van der Waals surface area contributed by atoms with Crippen LogP contribution in [0.3, 0.4) is 0 Å². The summed E-state index contributed by atoms with van der Waals surface area (Å²) in [4.78, 5) is 24.2. The maximum atomic E-state index is 11.8. The third kappa shape index (κ3) is 6.55. The second-order valence-corrected chi connectivity index (χ2v) is 5.61. The maximum absolute atomic E-state index is 11.8. The SMILES string of the molecule is C[C@H]1CN(C(=O)CNC(=O)OCC(F)(F)F)CCS1. The maximum Gasteiger partial charge on any atom is 0.422 e. The Balaban J connectivity index is 2.24. The van der Waals surface area contributed by atoms with Crippen LogP contribution < -0.4 is 5.32 Å². The number of hydrogen-bond acceptors (Lipinski definition) is 4. The summed E-state index contributed by atoms with van der Waals surface area (Å²) in [6, 6.07) is 0. The highest BCUT2D eigenvalue weighted by Gasteiger charge is 2.29. The molecule has 0 aromatic rings. The van der Waals surface area contributed by atoms with Crippen molar-refractivity contribution in [2.75, 3.05) is 32.0 Å². The molecule has 0 aromatic carbocycles. The molecule has 1 saturated heterocycles. The molecule has 0 radical (unpaired) electrons. The predicted octanol–water partition coefficient (Wildman–Crippen LogP) is 1.24. The normalized spacial score (nSPS) is 20.0. The Labute approximate surface area is 112 Å². The number of carbonyl (C=O) groups excluding carboxylic acids is 2. The molecule has 0 aromatic heterocycles. The number of carbonyl (C=O) groups is 2. The molecule has 1 fully saturated rings. The van der Waals surface area contributed by atoms with Gasteiger partial charge in [-0.25, -0.2) is 4.79 Å². The molecule has 0 saturated carbocycles. The Kier molecular flexibility index (Phi) is 5.77. The van der Waals surface area contributed by atoms with Gasteiger partial charge in [-0.3, -0.25) is 4.79 Å². The molecular formula is C10H15F3N2O3S. The molecule has 110 valence electrons. The van der Waals surface area contributed by atoms with Crippen molar-refractivity contribution in [2.45, 2.75) is 18.3 Å². The number of nitrogens with zero attached hydrogens (tertiary/aromatic N) is 1. The van der Waals surface area contributed by atoms with Crippen molar-refractivity contribution < 1.29 is 27.5 Å². The van der Waals surface area contributed by atoms with Gasteiger partial charge in [-0.15, -0.1) is 0 Å². The topological polar surface area (TPSA) is 58.6 Å². The van der Waals surface area contributed by atoms with Crippen LogP contribution in [0.4, 0.5) is 18.0 Å². The van der Waals surface area contributed by atoms with Gasteiger partial charge in [0.15, 0.2) is 6.61 Å². The van der Waals surface area contributed by atoms with Gasteiger partial charge < -0.3 is 15.0 Å². The minimum atomic E-state index is -4.57. The van der Waals surface area contributed by atoms with E-state index in [4.69, 9.17) is 0 Å². The summed E-state index contributed by atoms with van der Waals surface area (Å²) in [5, 5.41) is 2.32. The first-order valence-corrected chi connectivity index (χ1v) is 6.69. The van der Waals surface area contributed by atoms with Gasteiger partial charge in [0.2, 0.25) is 5.91 Å². The fraction of sp³-hybridized carbons (Fsp3) is 0.800. The Morgan fingerprint density at radius 2 is 2.16 bits per heavy atom. The van der Waals surface area contributed by atoms with Crippen molar-refractivity contribution >= 4 is 23.8 Å². The Bertz CT molecular complexity index is 338. The highest BCUT2D eigenvalue weighted by molar-refractivity contribution is 7.99. The lowest BCUT2D eigenvalue weighted by molar-refractivity contribution is -0.160. The molecule has 5 nitrogen and oxygen atoms in total. The summed E-state index contributed by atoms with van der Waals surface area (Å²) >= 11 is 1.74. The van der Waals surface area contributed by atoms with Crippen LogP contribution in [0.25, 0.3) is 0 Å². The molecule has 0 spiro atoms. The highest BCUT2D eigenvalue weighted by Crippen LogP contribution is 2.17. The minimum Gasteiger partial charge on any atom is -0.440 e. The number of halogens is 3. The first-order chi connectivity index (χ1) is 8.78. The monoisotopic (exact) mass is 300 g/mol. The number of alkyl halides is 3. The van der Waals surface area contributed by atoms with Gasteiger partial charge in [0.25, 0.3) is 0 Å². The molecule has 1 aliphatic heterocycles. The molecule has 1 aliphatic rings. The van der Waals surface area contributed by atoms with Crippen LogP contribution >= 0.6 is 11.8 Å². The van der Waals surface area contributed by atoms with E-state index < -0.39 is 18.9 Å². The molecule has 0 aliphatic carbocycles. The summed E-state index contributed by atoms with van der Waals surface area (Å²) < 4.78 is 39.2. The lowest BCUT2D eigenvalue weighted by atomic mass is 10.3. The molecule has 19 heavy (non-hydrogen) atoms. The molecule has 0 bridgehead atoms. The number of rotatable bonds is 3. The Hall–Kier alpha value is -1.12. The lowest BCUT2D eigenvalue weighted by Crippen LogP contribution is -2.46. The number of nitrogens with one attached hydrogen (secondary N) is 1. The predicted molar refractivity (Wildman–Crippen MR) is 63.9 cm³/mol. The van der Waals surface area contributed by atoms with Gasteiger partial charge in [0.05, 0.1) is 0 Å². The number of alkyl carbamates (subject to hydrolysis) is 1. The van der Waals surface area contributed by atoms with E-state index in [1.807, 2.05) is 12.2 Å². The first-order valence-electron chi connectivity index (χ1n) is 5.64. The van der Waals surface area contributed by atoms with E-state index in [0.717, 1.165) is 5.75 Å². The Morgan fingerprint density at radius 1 is 1.47 bits per heavy atom. The van der Waals surface area contributed by atoms with E-state index in [0.29, 0.717) is 18.3 Å². The number of thioether (sulfide) groups is 1. The van der Waals surface area contributed by atoms with E-state index in [-0.39, 0.29) is 12.5 Å². The van der Waals surface area contributed by atoms with Gasteiger partial charge in [-0.1, -0.05) is 6.92 Å². The van der Waals surface area contributed by atoms with Gasteiger partial charge in [0, 0.05) is 24.1 Å².